The van der Waals surface area contributed by atoms with Gasteiger partial charge in [-0.1, -0.05) is 22.0 Å². The lowest BCUT2D eigenvalue weighted by Crippen LogP contribution is -2.46. The van der Waals surface area contributed by atoms with Crippen molar-refractivity contribution in [3.05, 3.63) is 52.5 Å². The highest BCUT2D eigenvalue weighted by atomic mass is 79.9. The Morgan fingerprint density at radius 1 is 1.23 bits per heavy atom. The van der Waals surface area contributed by atoms with Gasteiger partial charge in [0.25, 0.3) is 10.0 Å². The van der Waals surface area contributed by atoms with Crippen molar-refractivity contribution in [1.82, 2.24) is 0 Å². The Labute approximate surface area is 185 Å². The molecule has 0 fully saturated rings. The van der Waals surface area contributed by atoms with E-state index < -0.39 is 44.1 Å². The predicted molar refractivity (Wildman–Crippen MR) is 111 cm³/mol. The fraction of sp³-hybridized carbons (Fsp3) is 0.350. The van der Waals surface area contributed by atoms with E-state index in [9.17, 15) is 31.5 Å². The number of carboxylic acids is 1. The Kier molecular flexibility index (Phi) is 6.05. The zero-order valence-electron chi connectivity index (χ0n) is 16.5. The van der Waals surface area contributed by atoms with E-state index in [0.29, 0.717) is 10.5 Å². The normalized spacial score (nSPS) is 17.1. The van der Waals surface area contributed by atoms with Crippen LogP contribution in [0.5, 0.6) is 5.75 Å². The van der Waals surface area contributed by atoms with E-state index in [0.717, 1.165) is 22.5 Å². The number of halogens is 4. The number of fused-ring (bicyclic) bond motifs is 1. The molecule has 6 nitrogen and oxygen atoms in total. The summed E-state index contributed by atoms with van der Waals surface area (Å²) in [6, 6.07) is 8.13. The molecule has 0 bridgehead atoms. The van der Waals surface area contributed by atoms with Crippen LogP contribution in [0, 0.1) is 5.41 Å². The summed E-state index contributed by atoms with van der Waals surface area (Å²) in [6.45, 7) is 2.72. The van der Waals surface area contributed by atoms with Gasteiger partial charge in [-0.05, 0) is 50.2 Å². The molecule has 0 aliphatic carbocycles. The number of hydrogen-bond acceptors (Lipinski definition) is 4. The standard InChI is InChI=1S/C20H19BrF3NO5S/c1-19(2,18(26)27)10-14-11-25(16-9-13(21)6-7-17(16)30-14)31(28,29)15-5-3-4-12(8-15)20(22,23)24/h3-9,14H,10-11H2,1-2H3,(H,26,27)/t14-/m0/s1. The number of alkyl halides is 3. The van der Waals surface area contributed by atoms with E-state index in [-0.39, 0.29) is 24.4 Å². The van der Waals surface area contributed by atoms with Crippen molar-refractivity contribution < 1.29 is 36.2 Å². The lowest BCUT2D eigenvalue weighted by molar-refractivity contribution is -0.148. The molecule has 1 aliphatic rings. The average Bonchev–Trinajstić information content (AvgIpc) is 2.66. The Morgan fingerprint density at radius 2 is 1.90 bits per heavy atom. The molecule has 0 unspecified atom stereocenters. The van der Waals surface area contributed by atoms with Gasteiger partial charge < -0.3 is 9.84 Å². The second-order valence-corrected chi connectivity index (χ2v) is 10.6. The lowest BCUT2D eigenvalue weighted by Gasteiger charge is -2.37. The van der Waals surface area contributed by atoms with Crippen molar-refractivity contribution in [2.45, 2.75) is 37.4 Å². The number of hydrogen-bond donors (Lipinski definition) is 1. The number of nitrogens with zero attached hydrogens (tertiary/aromatic N) is 1. The summed E-state index contributed by atoms with van der Waals surface area (Å²) in [5.74, 6) is -0.888. The van der Waals surface area contributed by atoms with Crippen LogP contribution in [0.3, 0.4) is 0 Å². The molecule has 168 valence electrons. The van der Waals surface area contributed by atoms with Crippen molar-refractivity contribution >= 4 is 37.6 Å². The highest BCUT2D eigenvalue weighted by Gasteiger charge is 2.40. The molecule has 1 heterocycles. The first-order chi connectivity index (χ1) is 14.2. The number of benzene rings is 2. The molecular formula is C20H19BrF3NO5S. The van der Waals surface area contributed by atoms with Gasteiger partial charge in [0.15, 0.2) is 0 Å². The molecule has 2 aromatic rings. The SMILES string of the molecule is CC(C)(C[C@H]1CN(S(=O)(=O)c2cccc(C(F)(F)F)c2)c2cc(Br)ccc2O1)C(=O)O. The van der Waals surface area contributed by atoms with Gasteiger partial charge in [0, 0.05) is 10.9 Å². The molecule has 0 saturated carbocycles. The minimum Gasteiger partial charge on any atom is -0.486 e. The number of sulfonamides is 1. The van der Waals surface area contributed by atoms with Crippen LogP contribution in [0.15, 0.2) is 51.8 Å². The van der Waals surface area contributed by atoms with Crippen molar-refractivity contribution in [1.29, 1.82) is 0 Å². The molecule has 31 heavy (non-hydrogen) atoms. The quantitative estimate of drug-likeness (QED) is 0.603. The van der Waals surface area contributed by atoms with Crippen LogP contribution in [0.2, 0.25) is 0 Å². The average molecular weight is 522 g/mol. The Bertz CT molecular complexity index is 1120. The molecule has 0 radical (unpaired) electrons. The van der Waals surface area contributed by atoms with Crippen molar-refractivity contribution in [2.24, 2.45) is 5.41 Å². The van der Waals surface area contributed by atoms with E-state index >= 15 is 0 Å². The molecular weight excluding hydrogens is 503 g/mol. The molecule has 0 spiro atoms. The fourth-order valence-electron chi connectivity index (χ4n) is 3.24. The van der Waals surface area contributed by atoms with Crippen molar-refractivity contribution in [2.75, 3.05) is 10.8 Å². The second-order valence-electron chi connectivity index (χ2n) is 7.81. The molecule has 0 aromatic heterocycles. The molecule has 1 atom stereocenters. The smallest absolute Gasteiger partial charge is 0.416 e. The van der Waals surface area contributed by atoms with Crippen LogP contribution in [0.1, 0.15) is 25.8 Å². The third kappa shape index (κ3) is 4.82. The first-order valence-corrected chi connectivity index (χ1v) is 11.3. The van der Waals surface area contributed by atoms with Gasteiger partial charge in [0.1, 0.15) is 11.9 Å². The molecule has 11 heteroatoms. The van der Waals surface area contributed by atoms with Crippen LogP contribution < -0.4 is 9.04 Å². The van der Waals surface area contributed by atoms with Crippen LogP contribution in [0.4, 0.5) is 18.9 Å². The maximum absolute atomic E-state index is 13.4. The van der Waals surface area contributed by atoms with Crippen LogP contribution in [0.25, 0.3) is 0 Å². The van der Waals surface area contributed by atoms with Crippen LogP contribution in [-0.2, 0) is 21.0 Å². The van der Waals surface area contributed by atoms with Gasteiger partial charge >= 0.3 is 12.1 Å². The van der Waals surface area contributed by atoms with Gasteiger partial charge in [0.2, 0.25) is 0 Å². The summed E-state index contributed by atoms with van der Waals surface area (Å²) < 4.78 is 73.4. The van der Waals surface area contributed by atoms with Gasteiger partial charge in [-0.2, -0.15) is 13.2 Å². The summed E-state index contributed by atoms with van der Waals surface area (Å²) in [4.78, 5) is 11.0. The molecule has 0 amide bonds. The summed E-state index contributed by atoms with van der Waals surface area (Å²) in [5.41, 5.74) is -2.14. The second kappa shape index (κ2) is 8.01. The minimum atomic E-state index is -4.70. The molecule has 1 aliphatic heterocycles. The summed E-state index contributed by atoms with van der Waals surface area (Å²) in [6.07, 6.45) is -5.53. The highest BCUT2D eigenvalue weighted by molar-refractivity contribution is 9.10. The summed E-state index contributed by atoms with van der Waals surface area (Å²) >= 11 is 3.26. The molecule has 0 saturated heterocycles. The largest absolute Gasteiger partial charge is 0.486 e. The van der Waals surface area contributed by atoms with Gasteiger partial charge in [-0.15, -0.1) is 0 Å². The monoisotopic (exact) mass is 521 g/mol. The lowest BCUT2D eigenvalue weighted by atomic mass is 9.86. The number of ether oxygens (including phenoxy) is 1. The fourth-order valence-corrected chi connectivity index (χ4v) is 5.13. The van der Waals surface area contributed by atoms with Crippen LogP contribution >= 0.6 is 15.9 Å². The third-order valence-electron chi connectivity index (χ3n) is 4.92. The van der Waals surface area contributed by atoms with E-state index in [1.807, 2.05) is 0 Å². The van der Waals surface area contributed by atoms with E-state index in [1.54, 1.807) is 6.07 Å². The minimum absolute atomic E-state index is 0.00749. The van der Waals surface area contributed by atoms with E-state index in [4.69, 9.17) is 4.74 Å². The number of anilines is 1. The first kappa shape index (κ1) is 23.4. The first-order valence-electron chi connectivity index (χ1n) is 9.11. The Hall–Kier alpha value is -2.27. The summed E-state index contributed by atoms with van der Waals surface area (Å²) in [5, 5.41) is 9.41. The maximum Gasteiger partial charge on any atom is 0.416 e. The topological polar surface area (TPSA) is 83.9 Å². The van der Waals surface area contributed by atoms with Crippen molar-refractivity contribution in [3.8, 4) is 5.75 Å². The van der Waals surface area contributed by atoms with E-state index in [1.165, 1.54) is 26.0 Å². The zero-order valence-corrected chi connectivity index (χ0v) is 18.9. The highest BCUT2D eigenvalue weighted by Crippen LogP contribution is 2.41. The molecule has 2 aromatic carbocycles. The van der Waals surface area contributed by atoms with Gasteiger partial charge in [0.05, 0.1) is 28.1 Å². The number of carboxylic acid groups (broad SMARTS) is 1. The number of rotatable bonds is 5. The zero-order chi connectivity index (χ0) is 23.2. The molecule has 3 rings (SSSR count). The summed E-state index contributed by atoms with van der Waals surface area (Å²) in [7, 11) is -4.40. The number of carbonyl (C=O) groups is 1. The Morgan fingerprint density at radius 3 is 2.52 bits per heavy atom. The van der Waals surface area contributed by atoms with Gasteiger partial charge in [-0.25, -0.2) is 8.42 Å². The van der Waals surface area contributed by atoms with Crippen LogP contribution in [-0.4, -0.2) is 32.1 Å². The predicted octanol–water partition coefficient (Wildman–Crippen LogP) is 4.93. The third-order valence-corrected chi connectivity index (χ3v) is 7.19. The maximum atomic E-state index is 13.4. The Balaban J connectivity index is 2.07. The molecule has 1 N–H and O–H groups in total. The van der Waals surface area contributed by atoms with Crippen molar-refractivity contribution in [3.63, 3.8) is 0 Å². The van der Waals surface area contributed by atoms with E-state index in [2.05, 4.69) is 15.9 Å². The number of aliphatic carboxylic acids is 1. The van der Waals surface area contributed by atoms with Gasteiger partial charge in [-0.3, -0.25) is 9.10 Å².